The fourth-order valence-corrected chi connectivity index (χ4v) is 3.98. The van der Waals surface area contributed by atoms with Gasteiger partial charge in [0.15, 0.2) is 11.5 Å². The van der Waals surface area contributed by atoms with Crippen LogP contribution in [-0.4, -0.2) is 51.1 Å². The number of methoxy groups -OCH3 is 3. The van der Waals surface area contributed by atoms with Crippen molar-refractivity contribution in [3.63, 3.8) is 0 Å². The van der Waals surface area contributed by atoms with Crippen molar-refractivity contribution in [2.24, 2.45) is 5.41 Å². The number of carbonyl (C=O) groups excluding carboxylic acids is 2. The summed E-state index contributed by atoms with van der Waals surface area (Å²) in [5.74, 6) is 1.07. The largest absolute Gasteiger partial charge is 0.493 e. The van der Waals surface area contributed by atoms with Crippen LogP contribution in [0.25, 0.3) is 0 Å². The molecule has 7 heteroatoms. The highest BCUT2D eigenvalue weighted by atomic mass is 16.5. The average molecular weight is 427 g/mol. The molecule has 1 N–H and O–H groups in total. The van der Waals surface area contributed by atoms with Crippen LogP contribution in [-0.2, 0) is 11.3 Å². The van der Waals surface area contributed by atoms with E-state index in [9.17, 15) is 9.59 Å². The second-order valence-electron chi connectivity index (χ2n) is 7.97. The molecule has 1 heterocycles. The number of carbonyl (C=O) groups is 2. The highest BCUT2D eigenvalue weighted by molar-refractivity contribution is 5.96. The highest BCUT2D eigenvalue weighted by Gasteiger charge is 2.39. The van der Waals surface area contributed by atoms with Crippen molar-refractivity contribution < 1.29 is 23.8 Å². The van der Waals surface area contributed by atoms with E-state index < -0.39 is 5.41 Å². The van der Waals surface area contributed by atoms with Gasteiger partial charge in [-0.3, -0.25) is 9.59 Å². The number of ether oxygens (including phenoxy) is 3. The number of amides is 2. The molecule has 166 valence electrons. The van der Waals surface area contributed by atoms with Gasteiger partial charge in [-0.1, -0.05) is 30.3 Å². The number of hydrogen-bond acceptors (Lipinski definition) is 5. The van der Waals surface area contributed by atoms with Crippen LogP contribution >= 0.6 is 0 Å². The molecule has 1 aliphatic heterocycles. The van der Waals surface area contributed by atoms with Crippen molar-refractivity contribution >= 4 is 11.8 Å². The normalized spacial score (nSPS) is 18.3. The van der Waals surface area contributed by atoms with E-state index in [-0.39, 0.29) is 11.8 Å². The molecule has 2 amide bonds. The van der Waals surface area contributed by atoms with Gasteiger partial charge in [0.05, 0.1) is 26.7 Å². The van der Waals surface area contributed by atoms with E-state index in [1.807, 2.05) is 37.3 Å². The summed E-state index contributed by atoms with van der Waals surface area (Å²) in [4.78, 5) is 28.0. The van der Waals surface area contributed by atoms with E-state index in [1.165, 1.54) is 21.3 Å². The second-order valence-corrected chi connectivity index (χ2v) is 7.97. The Morgan fingerprint density at radius 3 is 2.26 bits per heavy atom. The van der Waals surface area contributed by atoms with Crippen LogP contribution in [0.1, 0.15) is 35.7 Å². The van der Waals surface area contributed by atoms with Gasteiger partial charge in [-0.2, -0.15) is 0 Å². The highest BCUT2D eigenvalue weighted by Crippen LogP contribution is 2.39. The number of nitrogens with zero attached hydrogens (tertiary/aromatic N) is 1. The molecule has 2 aromatic rings. The lowest BCUT2D eigenvalue weighted by Gasteiger charge is -2.39. The van der Waals surface area contributed by atoms with Crippen LogP contribution in [0.3, 0.4) is 0 Å². The maximum absolute atomic E-state index is 13.3. The van der Waals surface area contributed by atoms with Crippen molar-refractivity contribution in [2.45, 2.75) is 26.3 Å². The SMILES string of the molecule is COc1cc(C(=O)N2CCC[C@](C)(C(=O)NCc3ccccc3)C2)cc(OC)c1OC. The smallest absolute Gasteiger partial charge is 0.254 e. The number of piperidine rings is 1. The number of hydrogen-bond donors (Lipinski definition) is 1. The Hall–Kier alpha value is -3.22. The number of likely N-dealkylation sites (tertiary alicyclic amines) is 1. The van der Waals surface area contributed by atoms with Crippen molar-refractivity contribution in [1.82, 2.24) is 10.2 Å². The topological polar surface area (TPSA) is 77.1 Å². The van der Waals surface area contributed by atoms with Crippen LogP contribution in [0.2, 0.25) is 0 Å². The summed E-state index contributed by atoms with van der Waals surface area (Å²) in [5.41, 5.74) is 0.827. The number of nitrogens with one attached hydrogen (secondary N) is 1. The first-order valence-corrected chi connectivity index (χ1v) is 10.3. The van der Waals surface area contributed by atoms with Crippen molar-refractivity contribution in [3.8, 4) is 17.2 Å². The molecule has 7 nitrogen and oxygen atoms in total. The fraction of sp³-hybridized carbons (Fsp3) is 0.417. The van der Waals surface area contributed by atoms with Crippen LogP contribution in [0.4, 0.5) is 0 Å². The van der Waals surface area contributed by atoms with Crippen molar-refractivity contribution in [2.75, 3.05) is 34.4 Å². The Morgan fingerprint density at radius 2 is 1.68 bits per heavy atom. The summed E-state index contributed by atoms with van der Waals surface area (Å²) in [6, 6.07) is 13.1. The van der Waals surface area contributed by atoms with E-state index in [2.05, 4.69) is 5.32 Å². The molecule has 3 rings (SSSR count). The third kappa shape index (κ3) is 4.93. The molecular weight excluding hydrogens is 396 g/mol. The van der Waals surface area contributed by atoms with Gasteiger partial charge in [-0.05, 0) is 37.5 Å². The predicted octanol–water partition coefficient (Wildman–Crippen LogP) is 3.27. The van der Waals surface area contributed by atoms with Crippen LogP contribution < -0.4 is 19.5 Å². The monoisotopic (exact) mass is 426 g/mol. The Labute approximate surface area is 183 Å². The lowest BCUT2D eigenvalue weighted by molar-refractivity contribution is -0.132. The molecule has 0 bridgehead atoms. The van der Waals surface area contributed by atoms with Crippen molar-refractivity contribution in [1.29, 1.82) is 0 Å². The third-order valence-corrected chi connectivity index (χ3v) is 5.74. The van der Waals surface area contributed by atoms with Gasteiger partial charge in [0.2, 0.25) is 11.7 Å². The summed E-state index contributed by atoms with van der Waals surface area (Å²) in [5, 5.41) is 3.03. The first-order chi connectivity index (χ1) is 14.9. The van der Waals surface area contributed by atoms with E-state index in [4.69, 9.17) is 14.2 Å². The Bertz CT molecular complexity index is 906. The quantitative estimate of drug-likeness (QED) is 0.735. The second kappa shape index (κ2) is 9.73. The lowest BCUT2D eigenvalue weighted by atomic mass is 9.80. The van der Waals surface area contributed by atoms with Gasteiger partial charge in [0, 0.05) is 25.2 Å². The molecule has 0 saturated carbocycles. The maximum Gasteiger partial charge on any atom is 0.254 e. The number of benzene rings is 2. The standard InChI is InChI=1S/C24H30N2O5/c1-24(23(28)25-15-17-9-6-5-7-10-17)11-8-12-26(16-24)22(27)18-13-19(29-2)21(31-4)20(14-18)30-3/h5-7,9-10,13-14H,8,11-12,15-16H2,1-4H3,(H,25,28)/t24-/m0/s1. The van der Waals surface area contributed by atoms with E-state index in [0.717, 1.165) is 18.4 Å². The minimum absolute atomic E-state index is 0.0428. The van der Waals surface area contributed by atoms with Gasteiger partial charge < -0.3 is 24.4 Å². The molecular formula is C24H30N2O5. The van der Waals surface area contributed by atoms with Crippen molar-refractivity contribution in [3.05, 3.63) is 53.6 Å². The molecule has 31 heavy (non-hydrogen) atoms. The van der Waals surface area contributed by atoms with E-state index in [0.29, 0.717) is 42.4 Å². The maximum atomic E-state index is 13.3. The van der Waals surface area contributed by atoms with Crippen LogP contribution in [0, 0.1) is 5.41 Å². The minimum Gasteiger partial charge on any atom is -0.493 e. The Balaban J connectivity index is 1.75. The first kappa shape index (κ1) is 22.5. The zero-order valence-corrected chi connectivity index (χ0v) is 18.6. The zero-order valence-electron chi connectivity index (χ0n) is 18.6. The summed E-state index contributed by atoms with van der Waals surface area (Å²) >= 11 is 0. The molecule has 1 fully saturated rings. The lowest BCUT2D eigenvalue weighted by Crippen LogP contribution is -2.51. The average Bonchev–Trinajstić information content (AvgIpc) is 2.81. The molecule has 0 unspecified atom stereocenters. The van der Waals surface area contributed by atoms with E-state index >= 15 is 0 Å². The summed E-state index contributed by atoms with van der Waals surface area (Å²) < 4.78 is 16.1. The summed E-state index contributed by atoms with van der Waals surface area (Å²) in [6.07, 6.45) is 1.48. The first-order valence-electron chi connectivity index (χ1n) is 10.3. The van der Waals surface area contributed by atoms with Crippen LogP contribution in [0.15, 0.2) is 42.5 Å². The third-order valence-electron chi connectivity index (χ3n) is 5.74. The van der Waals surface area contributed by atoms with Crippen LogP contribution in [0.5, 0.6) is 17.2 Å². The van der Waals surface area contributed by atoms with Gasteiger partial charge in [-0.15, -0.1) is 0 Å². The minimum atomic E-state index is -0.649. The number of rotatable bonds is 7. The molecule has 0 radical (unpaired) electrons. The molecule has 2 aromatic carbocycles. The Kier molecular flexibility index (Phi) is 7.05. The van der Waals surface area contributed by atoms with Gasteiger partial charge in [-0.25, -0.2) is 0 Å². The van der Waals surface area contributed by atoms with Gasteiger partial charge >= 0.3 is 0 Å². The zero-order chi connectivity index (χ0) is 22.4. The van der Waals surface area contributed by atoms with E-state index in [1.54, 1.807) is 17.0 Å². The molecule has 0 aliphatic carbocycles. The molecule has 0 spiro atoms. The fourth-order valence-electron chi connectivity index (χ4n) is 3.98. The Morgan fingerprint density at radius 1 is 1.03 bits per heavy atom. The van der Waals surface area contributed by atoms with Gasteiger partial charge in [0.25, 0.3) is 5.91 Å². The molecule has 1 atom stereocenters. The molecule has 0 aromatic heterocycles. The predicted molar refractivity (Wildman–Crippen MR) is 118 cm³/mol. The molecule has 1 saturated heterocycles. The molecule has 1 aliphatic rings. The van der Waals surface area contributed by atoms with Gasteiger partial charge in [0.1, 0.15) is 0 Å². The summed E-state index contributed by atoms with van der Waals surface area (Å²) in [6.45, 7) is 3.33. The summed E-state index contributed by atoms with van der Waals surface area (Å²) in [7, 11) is 4.55.